The number of nitrogens with zero attached hydrogens (tertiary/aromatic N) is 2. The Morgan fingerprint density at radius 1 is 1.03 bits per heavy atom. The predicted molar refractivity (Wildman–Crippen MR) is 123 cm³/mol. The van der Waals surface area contributed by atoms with Gasteiger partial charge in [0.15, 0.2) is 0 Å². The monoisotopic (exact) mass is 438 g/mol. The highest BCUT2D eigenvalue weighted by molar-refractivity contribution is 6.46. The largest absolute Gasteiger partial charge is 0.507 e. The molecule has 170 valence electrons. The lowest BCUT2D eigenvalue weighted by Crippen LogP contribution is -2.35. The molecule has 1 atom stereocenters. The van der Waals surface area contributed by atoms with Crippen LogP contribution in [-0.2, 0) is 9.59 Å². The highest BCUT2D eigenvalue weighted by Crippen LogP contribution is 2.39. The van der Waals surface area contributed by atoms with E-state index >= 15 is 0 Å². The van der Waals surface area contributed by atoms with Crippen LogP contribution in [0.4, 0.5) is 0 Å². The van der Waals surface area contributed by atoms with E-state index in [9.17, 15) is 14.7 Å². The highest BCUT2D eigenvalue weighted by atomic mass is 16.5. The van der Waals surface area contributed by atoms with Crippen LogP contribution < -0.4 is 9.47 Å². The predicted octanol–water partition coefficient (Wildman–Crippen LogP) is 3.47. The van der Waals surface area contributed by atoms with E-state index in [2.05, 4.69) is 0 Å². The second-order valence-electron chi connectivity index (χ2n) is 8.26. The molecule has 0 radical (unpaired) electrons. The summed E-state index contributed by atoms with van der Waals surface area (Å²) in [5.74, 6) is -0.180. The summed E-state index contributed by atoms with van der Waals surface area (Å²) in [5, 5.41) is 11.1. The molecule has 0 saturated carbocycles. The quantitative estimate of drug-likeness (QED) is 0.386. The Labute approximate surface area is 188 Å². The molecule has 1 amide bonds. The topological polar surface area (TPSA) is 79.3 Å². The van der Waals surface area contributed by atoms with Crippen molar-refractivity contribution < 1.29 is 24.2 Å². The third-order valence-corrected chi connectivity index (χ3v) is 5.26. The molecular formula is C25H30N2O5. The van der Waals surface area contributed by atoms with Crippen molar-refractivity contribution in [3.05, 3.63) is 65.2 Å². The van der Waals surface area contributed by atoms with E-state index in [0.717, 1.165) is 5.56 Å². The van der Waals surface area contributed by atoms with Crippen molar-refractivity contribution >= 4 is 17.4 Å². The van der Waals surface area contributed by atoms with Gasteiger partial charge in [-0.05, 0) is 69.9 Å². The Morgan fingerprint density at radius 2 is 1.62 bits per heavy atom. The van der Waals surface area contributed by atoms with Gasteiger partial charge in [0, 0.05) is 18.7 Å². The standard InChI is InChI=1S/C25H30N2O5/c1-16(2)32-20-12-8-18(9-13-20)23(28)21-22(17-6-10-19(31-5)11-7-17)27(15-14-26(3)4)25(30)24(21)29/h6-13,16,22,28H,14-15H2,1-5H3/b23-21+/t22-/m0/s1. The number of carbonyl (C=O) groups is 2. The van der Waals surface area contributed by atoms with Gasteiger partial charge >= 0.3 is 0 Å². The van der Waals surface area contributed by atoms with Crippen LogP contribution >= 0.6 is 0 Å². The summed E-state index contributed by atoms with van der Waals surface area (Å²) < 4.78 is 10.9. The Kier molecular flexibility index (Phi) is 7.20. The summed E-state index contributed by atoms with van der Waals surface area (Å²) in [4.78, 5) is 29.4. The maximum Gasteiger partial charge on any atom is 0.295 e. The minimum absolute atomic E-state index is 0.0199. The summed E-state index contributed by atoms with van der Waals surface area (Å²) in [6, 6.07) is 13.3. The van der Waals surface area contributed by atoms with E-state index in [0.29, 0.717) is 30.2 Å². The van der Waals surface area contributed by atoms with E-state index < -0.39 is 17.7 Å². The molecule has 0 spiro atoms. The summed E-state index contributed by atoms with van der Waals surface area (Å²) in [5.41, 5.74) is 1.26. The fourth-order valence-electron chi connectivity index (χ4n) is 3.67. The number of Topliss-reactive ketones (excluding diaryl/α,β-unsaturated/α-hetero) is 1. The van der Waals surface area contributed by atoms with Crippen molar-refractivity contribution in [2.45, 2.75) is 26.0 Å². The number of aliphatic hydroxyl groups excluding tert-OH is 1. The number of hydrogen-bond acceptors (Lipinski definition) is 6. The number of likely N-dealkylation sites (tertiary alicyclic amines) is 1. The van der Waals surface area contributed by atoms with E-state index in [-0.39, 0.29) is 17.4 Å². The van der Waals surface area contributed by atoms with Crippen LogP contribution in [0.5, 0.6) is 11.5 Å². The molecule has 2 aromatic carbocycles. The lowest BCUT2D eigenvalue weighted by Gasteiger charge is -2.26. The first-order chi connectivity index (χ1) is 15.2. The van der Waals surface area contributed by atoms with Crippen LogP contribution in [0.15, 0.2) is 54.1 Å². The summed E-state index contributed by atoms with van der Waals surface area (Å²) >= 11 is 0. The summed E-state index contributed by atoms with van der Waals surface area (Å²) in [6.45, 7) is 4.79. The molecule has 1 aliphatic rings. The van der Waals surface area contributed by atoms with Crippen LogP contribution in [0.3, 0.4) is 0 Å². The van der Waals surface area contributed by atoms with Crippen molar-refractivity contribution in [1.29, 1.82) is 0 Å². The van der Waals surface area contributed by atoms with Crippen LogP contribution in [0, 0.1) is 0 Å². The first-order valence-corrected chi connectivity index (χ1v) is 10.6. The number of carbonyl (C=O) groups excluding carboxylic acids is 2. The molecule has 32 heavy (non-hydrogen) atoms. The second kappa shape index (κ2) is 9.87. The van der Waals surface area contributed by atoms with Gasteiger partial charge < -0.3 is 24.4 Å². The fourth-order valence-corrected chi connectivity index (χ4v) is 3.67. The van der Waals surface area contributed by atoms with E-state index in [1.54, 1.807) is 43.5 Å². The third kappa shape index (κ3) is 4.94. The zero-order chi connectivity index (χ0) is 23.4. The molecule has 7 nitrogen and oxygen atoms in total. The number of aliphatic hydroxyl groups is 1. The van der Waals surface area contributed by atoms with Crippen LogP contribution in [-0.4, -0.2) is 67.0 Å². The first-order valence-electron chi connectivity index (χ1n) is 10.6. The molecular weight excluding hydrogens is 408 g/mol. The molecule has 1 aliphatic heterocycles. The number of likely N-dealkylation sites (N-methyl/N-ethyl adjacent to an activating group) is 1. The number of amides is 1. The van der Waals surface area contributed by atoms with Crippen molar-refractivity contribution in [2.24, 2.45) is 0 Å². The number of ether oxygens (including phenoxy) is 2. The smallest absolute Gasteiger partial charge is 0.295 e. The average Bonchev–Trinajstić information content (AvgIpc) is 3.02. The maximum atomic E-state index is 13.0. The molecule has 1 heterocycles. The molecule has 1 saturated heterocycles. The van der Waals surface area contributed by atoms with Crippen LogP contribution in [0.25, 0.3) is 5.76 Å². The van der Waals surface area contributed by atoms with Crippen LogP contribution in [0.1, 0.15) is 31.0 Å². The molecule has 0 bridgehead atoms. The minimum atomic E-state index is -0.690. The SMILES string of the molecule is COc1ccc([C@H]2/C(=C(\O)c3ccc(OC(C)C)cc3)C(=O)C(=O)N2CCN(C)C)cc1. The van der Waals surface area contributed by atoms with E-state index in [1.165, 1.54) is 4.90 Å². The van der Waals surface area contributed by atoms with Crippen molar-refractivity contribution in [2.75, 3.05) is 34.3 Å². The van der Waals surface area contributed by atoms with Gasteiger partial charge in [0.05, 0.1) is 24.8 Å². The number of hydrogen-bond donors (Lipinski definition) is 1. The zero-order valence-corrected chi connectivity index (χ0v) is 19.2. The summed E-state index contributed by atoms with van der Waals surface area (Å²) in [7, 11) is 5.38. The molecule has 1 fully saturated rings. The molecule has 0 aliphatic carbocycles. The van der Waals surface area contributed by atoms with Gasteiger partial charge in [0.1, 0.15) is 17.3 Å². The van der Waals surface area contributed by atoms with Gasteiger partial charge in [-0.15, -0.1) is 0 Å². The molecule has 3 rings (SSSR count). The molecule has 7 heteroatoms. The number of benzene rings is 2. The number of methoxy groups -OCH3 is 1. The van der Waals surface area contributed by atoms with E-state index in [1.807, 2.05) is 45.0 Å². The van der Waals surface area contributed by atoms with Gasteiger partial charge in [-0.1, -0.05) is 12.1 Å². The number of rotatable bonds is 8. The van der Waals surface area contributed by atoms with Gasteiger partial charge in [0.25, 0.3) is 11.7 Å². The summed E-state index contributed by atoms with van der Waals surface area (Å²) in [6.07, 6.45) is 0.0199. The highest BCUT2D eigenvalue weighted by Gasteiger charge is 2.45. The Hall–Kier alpha value is -3.32. The van der Waals surface area contributed by atoms with Crippen molar-refractivity contribution in [3.8, 4) is 11.5 Å². The zero-order valence-electron chi connectivity index (χ0n) is 19.2. The van der Waals surface area contributed by atoms with Crippen molar-refractivity contribution in [1.82, 2.24) is 9.80 Å². The Bertz CT molecular complexity index is 994. The normalized spacial score (nSPS) is 18.0. The third-order valence-electron chi connectivity index (χ3n) is 5.26. The van der Waals surface area contributed by atoms with Crippen LogP contribution in [0.2, 0.25) is 0 Å². The van der Waals surface area contributed by atoms with Gasteiger partial charge in [0.2, 0.25) is 0 Å². The number of ketones is 1. The lowest BCUT2D eigenvalue weighted by molar-refractivity contribution is -0.140. The average molecular weight is 439 g/mol. The maximum absolute atomic E-state index is 13.0. The minimum Gasteiger partial charge on any atom is -0.507 e. The fraction of sp³-hybridized carbons (Fsp3) is 0.360. The van der Waals surface area contributed by atoms with Gasteiger partial charge in [-0.3, -0.25) is 9.59 Å². The van der Waals surface area contributed by atoms with Gasteiger partial charge in [-0.25, -0.2) is 0 Å². The first kappa shape index (κ1) is 23.3. The molecule has 2 aromatic rings. The molecule has 0 aromatic heterocycles. The lowest BCUT2D eigenvalue weighted by atomic mass is 9.95. The Morgan fingerprint density at radius 3 is 2.16 bits per heavy atom. The Balaban J connectivity index is 2.06. The molecule has 0 unspecified atom stereocenters. The van der Waals surface area contributed by atoms with E-state index in [4.69, 9.17) is 9.47 Å². The second-order valence-corrected chi connectivity index (χ2v) is 8.26. The van der Waals surface area contributed by atoms with Gasteiger partial charge in [-0.2, -0.15) is 0 Å². The van der Waals surface area contributed by atoms with Crippen molar-refractivity contribution in [3.63, 3.8) is 0 Å². The molecule has 1 N–H and O–H groups in total.